The molecule has 34 heavy (non-hydrogen) atoms. The van der Waals surface area contributed by atoms with Crippen LogP contribution in [-0.2, 0) is 31.8 Å². The SMILES string of the molecule is COC(=O)[C@@H]([C@H](CCOCc1ccccc1)NCc1ccccc1)[C@@H](C)O[Si](C)(C)C(C)(C)C. The lowest BCUT2D eigenvalue weighted by Crippen LogP contribution is -2.52. The van der Waals surface area contributed by atoms with E-state index in [2.05, 4.69) is 63.4 Å². The molecule has 2 rings (SSSR count). The normalized spacial score (nSPS) is 14.9. The van der Waals surface area contributed by atoms with E-state index in [0.29, 0.717) is 26.2 Å². The number of benzene rings is 2. The van der Waals surface area contributed by atoms with Gasteiger partial charge < -0.3 is 19.2 Å². The predicted octanol–water partition coefficient (Wildman–Crippen LogP) is 5.95. The van der Waals surface area contributed by atoms with Gasteiger partial charge in [0.05, 0.1) is 25.7 Å². The van der Waals surface area contributed by atoms with Crippen molar-refractivity contribution in [1.29, 1.82) is 0 Å². The minimum absolute atomic E-state index is 0.0493. The third-order valence-electron chi connectivity index (χ3n) is 6.80. The summed E-state index contributed by atoms with van der Waals surface area (Å²) in [5.41, 5.74) is 2.30. The van der Waals surface area contributed by atoms with Crippen LogP contribution in [0.1, 0.15) is 45.2 Å². The van der Waals surface area contributed by atoms with Gasteiger partial charge in [-0.1, -0.05) is 81.4 Å². The number of ether oxygens (including phenoxy) is 2. The van der Waals surface area contributed by atoms with Gasteiger partial charge in [-0.05, 0) is 42.6 Å². The van der Waals surface area contributed by atoms with Crippen molar-refractivity contribution >= 4 is 14.3 Å². The lowest BCUT2D eigenvalue weighted by atomic mass is 9.92. The molecule has 0 heterocycles. The standard InChI is InChI=1S/C28H43NO4Si/c1-22(33-34(6,7)28(2,3)4)26(27(30)31-5)25(29-20-23-14-10-8-11-15-23)18-19-32-21-24-16-12-9-13-17-24/h8-17,22,25-26,29H,18-21H2,1-7H3/t22-,25+,26-/m1/s1. The highest BCUT2D eigenvalue weighted by Crippen LogP contribution is 2.38. The van der Waals surface area contributed by atoms with Crippen LogP contribution in [0.15, 0.2) is 60.7 Å². The number of rotatable bonds is 13. The third kappa shape index (κ3) is 8.66. The Hall–Kier alpha value is -1.99. The molecule has 2 aromatic carbocycles. The highest BCUT2D eigenvalue weighted by molar-refractivity contribution is 6.74. The van der Waals surface area contributed by atoms with Gasteiger partial charge >= 0.3 is 5.97 Å². The Bertz CT molecular complexity index is 852. The Morgan fingerprint density at radius 2 is 1.53 bits per heavy atom. The lowest BCUT2D eigenvalue weighted by Gasteiger charge is -2.41. The van der Waals surface area contributed by atoms with Crippen LogP contribution in [0.2, 0.25) is 18.1 Å². The summed E-state index contributed by atoms with van der Waals surface area (Å²) in [4.78, 5) is 13.0. The van der Waals surface area contributed by atoms with E-state index in [9.17, 15) is 4.79 Å². The molecule has 0 unspecified atom stereocenters. The van der Waals surface area contributed by atoms with Gasteiger partial charge in [-0.25, -0.2) is 0 Å². The molecule has 188 valence electrons. The molecule has 0 aliphatic carbocycles. The molecule has 0 radical (unpaired) electrons. The van der Waals surface area contributed by atoms with Crippen molar-refractivity contribution in [2.75, 3.05) is 13.7 Å². The van der Waals surface area contributed by atoms with Gasteiger partial charge in [0.1, 0.15) is 0 Å². The fourth-order valence-electron chi connectivity index (χ4n) is 3.76. The van der Waals surface area contributed by atoms with Crippen LogP contribution in [0.3, 0.4) is 0 Å². The number of methoxy groups -OCH3 is 1. The van der Waals surface area contributed by atoms with E-state index in [1.54, 1.807) is 0 Å². The molecule has 0 amide bonds. The van der Waals surface area contributed by atoms with Crippen LogP contribution < -0.4 is 5.32 Å². The molecule has 0 bridgehead atoms. The zero-order valence-electron chi connectivity index (χ0n) is 22.0. The fourth-order valence-corrected chi connectivity index (χ4v) is 5.19. The van der Waals surface area contributed by atoms with Gasteiger partial charge in [-0.2, -0.15) is 0 Å². The Labute approximate surface area is 207 Å². The van der Waals surface area contributed by atoms with E-state index >= 15 is 0 Å². The third-order valence-corrected chi connectivity index (χ3v) is 11.4. The molecule has 2 aromatic rings. The van der Waals surface area contributed by atoms with E-state index < -0.39 is 14.2 Å². The van der Waals surface area contributed by atoms with Gasteiger partial charge in [0, 0.05) is 19.2 Å². The van der Waals surface area contributed by atoms with E-state index in [0.717, 1.165) is 5.56 Å². The summed E-state index contributed by atoms with van der Waals surface area (Å²) < 4.78 is 17.9. The zero-order valence-corrected chi connectivity index (χ0v) is 23.0. The number of carbonyl (C=O) groups excluding carboxylic acids is 1. The van der Waals surface area contributed by atoms with E-state index in [-0.39, 0.29) is 23.2 Å². The smallest absolute Gasteiger partial charge is 0.312 e. The number of esters is 1. The quantitative estimate of drug-likeness (QED) is 0.216. The summed E-state index contributed by atoms with van der Waals surface area (Å²) in [6.07, 6.45) is 0.390. The predicted molar refractivity (Wildman–Crippen MR) is 141 cm³/mol. The van der Waals surface area contributed by atoms with Crippen molar-refractivity contribution in [1.82, 2.24) is 5.32 Å². The number of hydrogen-bond acceptors (Lipinski definition) is 5. The summed E-state index contributed by atoms with van der Waals surface area (Å²) >= 11 is 0. The molecule has 0 aromatic heterocycles. The van der Waals surface area contributed by atoms with E-state index in [1.165, 1.54) is 12.7 Å². The van der Waals surface area contributed by atoms with Gasteiger partial charge in [-0.3, -0.25) is 4.79 Å². The minimum atomic E-state index is -2.07. The first-order valence-electron chi connectivity index (χ1n) is 12.2. The second kappa shape index (κ2) is 13.2. The molecule has 0 saturated carbocycles. The topological polar surface area (TPSA) is 56.8 Å². The Kier molecular flexibility index (Phi) is 11.0. The van der Waals surface area contributed by atoms with Crippen LogP contribution in [0.25, 0.3) is 0 Å². The maximum Gasteiger partial charge on any atom is 0.312 e. The molecule has 5 nitrogen and oxygen atoms in total. The maximum absolute atomic E-state index is 13.0. The second-order valence-electron chi connectivity index (χ2n) is 10.4. The highest BCUT2D eigenvalue weighted by atomic mass is 28.4. The Morgan fingerprint density at radius 1 is 0.971 bits per heavy atom. The van der Waals surface area contributed by atoms with E-state index in [1.807, 2.05) is 43.3 Å². The zero-order chi connectivity index (χ0) is 25.2. The van der Waals surface area contributed by atoms with Crippen molar-refractivity contribution in [3.8, 4) is 0 Å². The van der Waals surface area contributed by atoms with Crippen LogP contribution in [0.4, 0.5) is 0 Å². The first-order chi connectivity index (χ1) is 16.0. The Morgan fingerprint density at radius 3 is 2.06 bits per heavy atom. The molecule has 0 aliphatic rings. The molecule has 3 atom stereocenters. The van der Waals surface area contributed by atoms with Gasteiger partial charge in [0.25, 0.3) is 0 Å². The van der Waals surface area contributed by atoms with Gasteiger partial charge in [-0.15, -0.1) is 0 Å². The summed E-state index contributed by atoms with van der Waals surface area (Å²) in [6, 6.07) is 20.2. The molecule has 6 heteroatoms. The van der Waals surface area contributed by atoms with Crippen molar-refractivity contribution < 1.29 is 18.7 Å². The van der Waals surface area contributed by atoms with Crippen LogP contribution >= 0.6 is 0 Å². The molecular weight excluding hydrogens is 442 g/mol. The first-order valence-corrected chi connectivity index (χ1v) is 15.1. The molecule has 0 aliphatic heterocycles. The monoisotopic (exact) mass is 485 g/mol. The maximum atomic E-state index is 13.0. The second-order valence-corrected chi connectivity index (χ2v) is 15.2. The van der Waals surface area contributed by atoms with Crippen molar-refractivity contribution in [2.24, 2.45) is 5.92 Å². The average Bonchev–Trinajstić information content (AvgIpc) is 2.80. The average molecular weight is 486 g/mol. The first kappa shape index (κ1) is 28.2. The van der Waals surface area contributed by atoms with Crippen LogP contribution in [-0.4, -0.2) is 40.1 Å². The number of hydrogen-bond donors (Lipinski definition) is 1. The molecule has 1 N–H and O–H groups in total. The van der Waals surface area contributed by atoms with Gasteiger partial charge in [0.2, 0.25) is 0 Å². The summed E-state index contributed by atoms with van der Waals surface area (Å²) in [5, 5.41) is 3.66. The van der Waals surface area contributed by atoms with Crippen molar-refractivity contribution in [3.63, 3.8) is 0 Å². The largest absolute Gasteiger partial charge is 0.469 e. The number of nitrogens with one attached hydrogen (secondary N) is 1. The van der Waals surface area contributed by atoms with Gasteiger partial charge in [0.15, 0.2) is 8.32 Å². The summed E-state index contributed by atoms with van der Waals surface area (Å²) in [6.45, 7) is 14.8. The molecule has 0 saturated heterocycles. The van der Waals surface area contributed by atoms with Crippen molar-refractivity contribution in [2.45, 2.75) is 77.5 Å². The lowest BCUT2D eigenvalue weighted by molar-refractivity contribution is -0.150. The minimum Gasteiger partial charge on any atom is -0.469 e. The molecular formula is C28H43NO4Si. The van der Waals surface area contributed by atoms with Crippen LogP contribution in [0, 0.1) is 5.92 Å². The van der Waals surface area contributed by atoms with E-state index in [4.69, 9.17) is 13.9 Å². The van der Waals surface area contributed by atoms with Crippen LogP contribution in [0.5, 0.6) is 0 Å². The fraction of sp³-hybridized carbons (Fsp3) is 0.536. The molecule has 0 spiro atoms. The summed E-state index contributed by atoms with van der Waals surface area (Å²) in [5.74, 6) is -0.692. The highest BCUT2D eigenvalue weighted by Gasteiger charge is 2.43. The summed E-state index contributed by atoms with van der Waals surface area (Å²) in [7, 11) is -0.618. The van der Waals surface area contributed by atoms with Crippen molar-refractivity contribution in [3.05, 3.63) is 71.8 Å². The number of carbonyl (C=O) groups is 1. The molecule has 0 fully saturated rings. The Balaban J connectivity index is 2.16.